The Kier molecular flexibility index (Phi) is 3.63. The number of amides is 1. The average molecular weight is 314 g/mol. The molecule has 0 bridgehead atoms. The molecule has 0 spiro atoms. The summed E-state index contributed by atoms with van der Waals surface area (Å²) in [6.45, 7) is 3.68. The largest absolute Gasteiger partial charge is 0.349 e. The molecule has 2 aromatic heterocycles. The molecule has 0 aromatic carbocycles. The van der Waals surface area contributed by atoms with Gasteiger partial charge in [0, 0.05) is 37.7 Å². The van der Waals surface area contributed by atoms with E-state index in [0.717, 1.165) is 44.0 Å². The number of hydrogen-bond donors (Lipinski definition) is 1. The van der Waals surface area contributed by atoms with Crippen LogP contribution in [0.3, 0.4) is 0 Å². The fraction of sp³-hybridized carbons (Fsp3) is 0.625. The van der Waals surface area contributed by atoms with Crippen molar-refractivity contribution in [1.29, 1.82) is 0 Å². The van der Waals surface area contributed by atoms with Gasteiger partial charge in [-0.25, -0.2) is 0 Å². The molecule has 1 N–H and O–H groups in total. The number of nitrogens with one attached hydrogen (secondary N) is 1. The number of fused-ring (bicyclic) bond motifs is 1. The molecule has 1 saturated carbocycles. The Morgan fingerprint density at radius 3 is 2.91 bits per heavy atom. The smallest absolute Gasteiger partial charge is 0.254 e. The van der Waals surface area contributed by atoms with Crippen molar-refractivity contribution in [3.8, 4) is 0 Å². The molecule has 2 aromatic rings. The number of aromatic nitrogens is 5. The van der Waals surface area contributed by atoms with Crippen molar-refractivity contribution < 1.29 is 4.79 Å². The Morgan fingerprint density at radius 1 is 1.30 bits per heavy atom. The van der Waals surface area contributed by atoms with Crippen LogP contribution in [-0.4, -0.2) is 36.5 Å². The van der Waals surface area contributed by atoms with E-state index in [1.807, 2.05) is 6.92 Å². The van der Waals surface area contributed by atoms with Crippen molar-refractivity contribution in [2.45, 2.75) is 64.1 Å². The average Bonchev–Trinajstić information content (AvgIpc) is 3.20. The second-order valence-corrected chi connectivity index (χ2v) is 6.48. The normalized spacial score (nSPS) is 20.8. The van der Waals surface area contributed by atoms with Gasteiger partial charge in [0.2, 0.25) is 0 Å². The van der Waals surface area contributed by atoms with Gasteiger partial charge < -0.3 is 9.88 Å². The quantitative estimate of drug-likeness (QED) is 0.928. The Labute approximate surface area is 135 Å². The summed E-state index contributed by atoms with van der Waals surface area (Å²) in [5.74, 6) is 2.80. The highest BCUT2D eigenvalue weighted by Crippen LogP contribution is 2.39. The number of rotatable bonds is 4. The van der Waals surface area contributed by atoms with E-state index in [-0.39, 0.29) is 11.9 Å². The summed E-state index contributed by atoms with van der Waals surface area (Å²) in [6, 6.07) is 0.182. The number of carbonyl (C=O) groups is 1. The molecule has 1 fully saturated rings. The Bertz CT molecular complexity index is 714. The number of hydrogen-bond acceptors (Lipinski definition) is 4. The first-order valence-electron chi connectivity index (χ1n) is 8.50. The van der Waals surface area contributed by atoms with Gasteiger partial charge in [-0.15, -0.1) is 10.2 Å². The molecule has 23 heavy (non-hydrogen) atoms. The fourth-order valence-corrected chi connectivity index (χ4v) is 3.22. The first kappa shape index (κ1) is 14.4. The van der Waals surface area contributed by atoms with Crippen molar-refractivity contribution in [1.82, 2.24) is 29.9 Å². The summed E-state index contributed by atoms with van der Waals surface area (Å²) in [7, 11) is 0. The van der Waals surface area contributed by atoms with Crippen LogP contribution in [0.2, 0.25) is 0 Å². The predicted octanol–water partition coefficient (Wildman–Crippen LogP) is 1.51. The van der Waals surface area contributed by atoms with Gasteiger partial charge >= 0.3 is 0 Å². The van der Waals surface area contributed by atoms with Gasteiger partial charge in [-0.05, 0) is 32.6 Å². The molecule has 1 amide bonds. The number of carbonyl (C=O) groups excluding carboxylic acids is 1. The molecular weight excluding hydrogens is 292 g/mol. The van der Waals surface area contributed by atoms with E-state index in [2.05, 4.69) is 25.2 Å². The van der Waals surface area contributed by atoms with Crippen LogP contribution >= 0.6 is 0 Å². The van der Waals surface area contributed by atoms with E-state index in [4.69, 9.17) is 0 Å². The van der Waals surface area contributed by atoms with Crippen molar-refractivity contribution in [2.75, 3.05) is 0 Å². The van der Waals surface area contributed by atoms with Gasteiger partial charge in [0.05, 0.1) is 11.8 Å². The van der Waals surface area contributed by atoms with E-state index < -0.39 is 0 Å². The van der Waals surface area contributed by atoms with Crippen LogP contribution in [-0.2, 0) is 19.5 Å². The van der Waals surface area contributed by atoms with Crippen LogP contribution in [0.15, 0.2) is 12.4 Å². The molecule has 122 valence electrons. The Morgan fingerprint density at radius 2 is 2.17 bits per heavy atom. The van der Waals surface area contributed by atoms with Crippen molar-refractivity contribution >= 4 is 5.91 Å². The lowest BCUT2D eigenvalue weighted by Crippen LogP contribution is -2.35. The lowest BCUT2D eigenvalue weighted by atomic mass is 10.1. The summed E-state index contributed by atoms with van der Waals surface area (Å²) in [5, 5.41) is 16.0. The third-order valence-corrected chi connectivity index (χ3v) is 4.77. The highest BCUT2D eigenvalue weighted by Gasteiger charge is 2.31. The van der Waals surface area contributed by atoms with E-state index in [1.165, 1.54) is 12.8 Å². The van der Waals surface area contributed by atoms with Crippen LogP contribution in [0.4, 0.5) is 0 Å². The van der Waals surface area contributed by atoms with Gasteiger partial charge in [0.25, 0.3) is 5.91 Å². The van der Waals surface area contributed by atoms with E-state index >= 15 is 0 Å². The molecule has 7 nitrogen and oxygen atoms in total. The van der Waals surface area contributed by atoms with Crippen LogP contribution in [0, 0.1) is 0 Å². The van der Waals surface area contributed by atoms with Crippen molar-refractivity contribution in [3.05, 3.63) is 29.6 Å². The third-order valence-electron chi connectivity index (χ3n) is 4.77. The minimum absolute atomic E-state index is 0.0326. The predicted molar refractivity (Wildman–Crippen MR) is 84.1 cm³/mol. The second-order valence-electron chi connectivity index (χ2n) is 6.48. The Hall–Kier alpha value is -2.18. The fourth-order valence-electron chi connectivity index (χ4n) is 3.22. The van der Waals surface area contributed by atoms with E-state index in [1.54, 1.807) is 17.1 Å². The third kappa shape index (κ3) is 2.87. The zero-order valence-corrected chi connectivity index (χ0v) is 13.4. The standard InChI is InChI=1S/C16H22N6O/c1-2-21-10-12(9-17-21)16(23)18-13-5-6-14-19-20-15(11-3-4-11)22(14)8-7-13/h9-11,13H,2-8H2,1H3,(H,18,23). The molecule has 0 saturated heterocycles. The molecular formula is C16H22N6O. The van der Waals surface area contributed by atoms with Crippen LogP contribution in [0.5, 0.6) is 0 Å². The zero-order chi connectivity index (χ0) is 15.8. The summed E-state index contributed by atoms with van der Waals surface area (Å²) >= 11 is 0. The first-order chi connectivity index (χ1) is 11.2. The maximum absolute atomic E-state index is 12.4. The molecule has 4 rings (SSSR count). The molecule has 3 heterocycles. The summed E-state index contributed by atoms with van der Waals surface area (Å²) < 4.78 is 4.05. The van der Waals surface area contributed by atoms with Gasteiger partial charge in [-0.3, -0.25) is 9.48 Å². The monoisotopic (exact) mass is 314 g/mol. The van der Waals surface area contributed by atoms with Gasteiger partial charge in [0.15, 0.2) is 0 Å². The summed E-state index contributed by atoms with van der Waals surface area (Å²) in [4.78, 5) is 12.4. The number of nitrogens with zero attached hydrogens (tertiary/aromatic N) is 5. The second kappa shape index (κ2) is 5.79. The van der Waals surface area contributed by atoms with Gasteiger partial charge in [0.1, 0.15) is 11.6 Å². The van der Waals surface area contributed by atoms with Crippen molar-refractivity contribution in [2.24, 2.45) is 0 Å². The molecule has 1 aliphatic carbocycles. The SMILES string of the molecule is CCn1cc(C(=O)NC2CCc3nnc(C4CC4)n3CC2)cn1. The first-order valence-corrected chi connectivity index (χ1v) is 8.50. The van der Waals surface area contributed by atoms with E-state index in [9.17, 15) is 4.79 Å². The van der Waals surface area contributed by atoms with Crippen LogP contribution < -0.4 is 5.32 Å². The molecule has 0 radical (unpaired) electrons. The summed E-state index contributed by atoms with van der Waals surface area (Å²) in [6.07, 6.45) is 8.62. The molecule has 7 heteroatoms. The highest BCUT2D eigenvalue weighted by molar-refractivity contribution is 5.93. The summed E-state index contributed by atoms with van der Waals surface area (Å²) in [5.41, 5.74) is 0.633. The minimum Gasteiger partial charge on any atom is -0.349 e. The van der Waals surface area contributed by atoms with Crippen molar-refractivity contribution in [3.63, 3.8) is 0 Å². The Balaban J connectivity index is 1.40. The van der Waals surface area contributed by atoms with Gasteiger partial charge in [-0.2, -0.15) is 5.10 Å². The maximum Gasteiger partial charge on any atom is 0.254 e. The minimum atomic E-state index is -0.0326. The molecule has 1 atom stereocenters. The molecule has 1 aliphatic heterocycles. The topological polar surface area (TPSA) is 77.6 Å². The van der Waals surface area contributed by atoms with Gasteiger partial charge in [-0.1, -0.05) is 0 Å². The lowest BCUT2D eigenvalue weighted by Gasteiger charge is -2.15. The maximum atomic E-state index is 12.4. The molecule has 1 unspecified atom stereocenters. The lowest BCUT2D eigenvalue weighted by molar-refractivity contribution is 0.0933. The highest BCUT2D eigenvalue weighted by atomic mass is 16.1. The zero-order valence-electron chi connectivity index (χ0n) is 13.4. The molecule has 2 aliphatic rings. The van der Waals surface area contributed by atoms with Crippen LogP contribution in [0.25, 0.3) is 0 Å². The van der Waals surface area contributed by atoms with Crippen LogP contribution in [0.1, 0.15) is 60.5 Å². The van der Waals surface area contributed by atoms with E-state index in [0.29, 0.717) is 11.5 Å². The number of aryl methyl sites for hydroxylation is 2.